The second-order valence-corrected chi connectivity index (χ2v) is 12.3. The van der Waals surface area contributed by atoms with E-state index in [1.807, 2.05) is 0 Å². The lowest BCUT2D eigenvalue weighted by molar-refractivity contribution is 1.13. The zero-order valence-electron chi connectivity index (χ0n) is 63.3. The summed E-state index contributed by atoms with van der Waals surface area (Å²) in [5.41, 5.74) is -12.5. The molecule has 57 heavy (non-hydrogen) atoms. The highest BCUT2D eigenvalue weighted by Gasteiger charge is 2.25. The van der Waals surface area contributed by atoms with Crippen molar-refractivity contribution in [2.75, 3.05) is 0 Å². The van der Waals surface area contributed by atoms with Gasteiger partial charge in [0.15, 0.2) is 0 Å². The van der Waals surface area contributed by atoms with Crippen molar-refractivity contribution in [3.05, 3.63) is 211 Å². The van der Waals surface area contributed by atoms with Gasteiger partial charge in [0.05, 0.1) is 98.1 Å². The van der Waals surface area contributed by atoms with E-state index in [1.165, 1.54) is 0 Å². The van der Waals surface area contributed by atoms with Crippen LogP contribution in [0.2, 0.25) is 0 Å². The van der Waals surface area contributed by atoms with Crippen LogP contribution in [0.3, 0.4) is 0 Å². The number of aromatic nitrogens is 3. The van der Waals surface area contributed by atoms with Crippen molar-refractivity contribution in [1.82, 2.24) is 13.7 Å². The lowest BCUT2D eigenvalue weighted by Gasteiger charge is -2.21. The van der Waals surface area contributed by atoms with Gasteiger partial charge in [-0.2, -0.15) is 0 Å². The molecule has 0 atom stereocenters. The van der Waals surface area contributed by atoms with E-state index in [-0.39, 0.29) is 0 Å². The van der Waals surface area contributed by atoms with Crippen molar-refractivity contribution in [2.24, 2.45) is 0 Å². The molecule has 9 aromatic carbocycles. The number of benzene rings is 9. The summed E-state index contributed by atoms with van der Waals surface area (Å²) in [6, 6.07) is -38.3. The summed E-state index contributed by atoms with van der Waals surface area (Å²) in [6.07, 6.45) is 0. The number of nitrogens with zero attached hydrogens (tertiary/aromatic N) is 3. The molecule has 3 aromatic heterocycles. The molecular formula is C54H35N3. The molecule has 0 fully saturated rings. The van der Waals surface area contributed by atoms with Crippen LogP contribution in [-0.4, -0.2) is 13.7 Å². The molecule has 0 unspecified atom stereocenters. The van der Waals surface area contributed by atoms with E-state index < -0.39 is 316 Å². The van der Waals surface area contributed by atoms with E-state index in [2.05, 4.69) is 0 Å². The second-order valence-electron chi connectivity index (χ2n) is 12.3. The van der Waals surface area contributed by atoms with Crippen molar-refractivity contribution in [3.63, 3.8) is 0 Å². The summed E-state index contributed by atoms with van der Waals surface area (Å²) < 4.78 is 326. The van der Waals surface area contributed by atoms with Crippen LogP contribution in [0.15, 0.2) is 211 Å². The van der Waals surface area contributed by atoms with Crippen LogP contribution < -0.4 is 0 Å². The van der Waals surface area contributed by atoms with Gasteiger partial charge in [-0.05, 0) is 53.4 Å². The van der Waals surface area contributed by atoms with Gasteiger partial charge >= 0.3 is 0 Å². The molecule has 0 aliphatic heterocycles. The first-order chi connectivity index (χ1) is 42.9. The van der Waals surface area contributed by atoms with Crippen molar-refractivity contribution in [1.29, 1.82) is 0 Å². The van der Waals surface area contributed by atoms with Gasteiger partial charge in [-0.1, -0.05) is 169 Å². The smallest absolute Gasteiger partial charge is 0.0782 e. The summed E-state index contributed by atoms with van der Waals surface area (Å²) in [5.74, 6) is 0. The Morgan fingerprint density at radius 3 is 1.26 bits per heavy atom. The maximum Gasteiger partial charge on any atom is 0.0782 e. The Labute approximate surface area is 378 Å². The molecule has 3 nitrogen and oxygen atoms in total. The van der Waals surface area contributed by atoms with E-state index in [1.54, 1.807) is 0 Å². The summed E-state index contributed by atoms with van der Waals surface area (Å²) in [6.45, 7) is 0. The van der Waals surface area contributed by atoms with Gasteiger partial charge in [0.25, 0.3) is 0 Å². The maximum absolute atomic E-state index is 10.1. The largest absolute Gasteiger partial charge is 0.309 e. The highest BCUT2D eigenvalue weighted by molar-refractivity contribution is 6.19. The van der Waals surface area contributed by atoms with E-state index in [4.69, 9.17) is 21.9 Å². The fourth-order valence-electron chi connectivity index (χ4n) is 7.27. The number of rotatable bonds is 5. The Kier molecular flexibility index (Phi) is 2.78. The molecule has 0 bridgehead atoms. The molecule has 0 saturated heterocycles. The predicted octanol–water partition coefficient (Wildman–Crippen LogP) is 14.3. The maximum atomic E-state index is 10.1. The van der Waals surface area contributed by atoms with E-state index in [9.17, 15) is 26.0 Å². The van der Waals surface area contributed by atoms with Gasteiger partial charge in [-0.3, -0.25) is 0 Å². The van der Waals surface area contributed by atoms with Crippen LogP contribution in [0, 0.1) is 0 Å². The van der Waals surface area contributed by atoms with Gasteiger partial charge in [-0.15, -0.1) is 0 Å². The van der Waals surface area contributed by atoms with Crippen LogP contribution >= 0.6 is 0 Å². The molecule has 0 aliphatic rings. The molecule has 3 heterocycles. The Balaban J connectivity index is 1.49. The molecule has 0 amide bonds. The van der Waals surface area contributed by atoms with Crippen molar-refractivity contribution >= 4 is 65.4 Å². The summed E-state index contributed by atoms with van der Waals surface area (Å²) in [7, 11) is 0. The standard InChI is InChI=1S/C54H35N3/c1-3-18-36(19-4-1)38-26-15-27-39(37-20-5-2-6-21-37)53(38)57-47-31-13-9-24-42(47)43-28-16-35-51(54(43)57)56-48-32-14-10-25-44(48)52-49(33-17-34-50(52)56)55-45-29-11-7-22-40(45)41-23-8-12-30-46(41)55/h1-35H/i1D,2D,3D,4D,5D,6D,7D,8D,9D,10D,11D,12D,13D,14D,15D,16D,17D,18D,19D,20D,21D,22D,23D,24D,25D,26D,27D,28D,29D,30D,31D,32D,33D,34D,35D. The summed E-state index contributed by atoms with van der Waals surface area (Å²) >= 11 is 0. The number of para-hydroxylation sites is 6. The molecule has 0 aliphatic carbocycles. The van der Waals surface area contributed by atoms with Crippen molar-refractivity contribution in [3.8, 4) is 39.3 Å². The summed E-state index contributed by atoms with van der Waals surface area (Å²) in [4.78, 5) is 0. The third-order valence-electron chi connectivity index (χ3n) is 9.45. The molecule has 0 N–H and O–H groups in total. The summed E-state index contributed by atoms with van der Waals surface area (Å²) in [5, 5.41) is -4.47. The van der Waals surface area contributed by atoms with Crippen LogP contribution in [-0.2, 0) is 0 Å². The van der Waals surface area contributed by atoms with Crippen molar-refractivity contribution in [2.45, 2.75) is 0 Å². The fourth-order valence-corrected chi connectivity index (χ4v) is 7.27. The topological polar surface area (TPSA) is 14.8 Å². The average molecular weight is 761 g/mol. The third kappa shape index (κ3) is 4.60. The molecule has 12 rings (SSSR count). The molecule has 0 saturated carbocycles. The first kappa shape index (κ1) is 12.7. The fraction of sp³-hybridized carbons (Fsp3) is 0. The highest BCUT2D eigenvalue weighted by atomic mass is 15.1. The third-order valence-corrected chi connectivity index (χ3v) is 9.45. The number of hydrogen-bond donors (Lipinski definition) is 0. The number of fused-ring (bicyclic) bond motifs is 9. The lowest BCUT2D eigenvalue weighted by Crippen LogP contribution is -2.04. The Bertz CT molecular complexity index is 5350. The van der Waals surface area contributed by atoms with Gasteiger partial charge in [-0.25, -0.2) is 0 Å². The zero-order chi connectivity index (χ0) is 67.9. The van der Waals surface area contributed by atoms with Crippen molar-refractivity contribution < 1.29 is 48.0 Å². The SMILES string of the molecule is [2H]c1c([2H])c([2H])c(-c2c([2H])c([2H])c([2H])c(-c3c([2H])c([2H])c([2H])c([2H])c3[2H])c2-n2c3c([2H])c([2H])c([2H])c([2H])c3c3c([2H])c([2H])c([2H])c(-n4c5c([2H])c([2H])c([2H])c([2H])c5c5c(-n6c7c([2H])c([2H])c([2H])c([2H])c7c7c([2H])c([2H])c([2H])c([2H])c76)c([2H])c([2H])c([2H])c54)c32)c([2H])c1[2H]. The van der Waals surface area contributed by atoms with Gasteiger partial charge in [0, 0.05) is 43.4 Å². The molecule has 3 heteroatoms. The zero-order valence-corrected chi connectivity index (χ0v) is 28.3. The van der Waals surface area contributed by atoms with Crippen LogP contribution in [0.25, 0.3) is 105 Å². The predicted molar refractivity (Wildman–Crippen MR) is 240 cm³/mol. The first-order valence-corrected chi connectivity index (χ1v) is 16.8. The molecule has 0 radical (unpaired) electrons. The average Bonchev–Trinajstić information content (AvgIpc) is 1.49. The molecular weight excluding hydrogens is 691 g/mol. The Morgan fingerprint density at radius 2 is 0.667 bits per heavy atom. The van der Waals surface area contributed by atoms with Crippen LogP contribution in [0.1, 0.15) is 48.0 Å². The van der Waals surface area contributed by atoms with Gasteiger partial charge < -0.3 is 13.7 Å². The van der Waals surface area contributed by atoms with Crippen LogP contribution in [0.4, 0.5) is 0 Å². The minimum Gasteiger partial charge on any atom is -0.309 e. The Hall–Kier alpha value is -7.62. The molecule has 266 valence electrons. The monoisotopic (exact) mass is 761 g/mol. The van der Waals surface area contributed by atoms with Gasteiger partial charge in [0.2, 0.25) is 0 Å². The minimum absolute atomic E-state index is 0.586. The van der Waals surface area contributed by atoms with E-state index in [0.717, 1.165) is 4.57 Å². The normalized spacial score (nSPS) is 20.5. The van der Waals surface area contributed by atoms with E-state index >= 15 is 0 Å². The highest BCUT2D eigenvalue weighted by Crippen LogP contribution is 2.45. The quantitative estimate of drug-likeness (QED) is 0.166. The molecule has 12 aromatic rings. The van der Waals surface area contributed by atoms with Crippen LogP contribution in [0.5, 0.6) is 0 Å². The number of hydrogen-bond acceptors (Lipinski definition) is 0. The minimum atomic E-state index is -1.27. The Morgan fingerprint density at radius 1 is 0.281 bits per heavy atom. The van der Waals surface area contributed by atoms with Gasteiger partial charge in [0.1, 0.15) is 0 Å². The molecule has 0 spiro atoms. The lowest BCUT2D eigenvalue weighted by atomic mass is 9.95. The second kappa shape index (κ2) is 12.5. The van der Waals surface area contributed by atoms with E-state index in [0.29, 0.717) is 9.13 Å². The first-order valence-electron chi connectivity index (χ1n) is 34.3.